The van der Waals surface area contributed by atoms with Gasteiger partial charge in [-0.2, -0.15) is 0 Å². The number of nitro benzene ring substituents is 1. The number of anilines is 1. The molecule has 3 aromatic rings. The van der Waals surface area contributed by atoms with E-state index in [1.54, 1.807) is 24.3 Å². The Morgan fingerprint density at radius 1 is 1.30 bits per heavy atom. The van der Waals surface area contributed by atoms with Crippen molar-refractivity contribution in [2.45, 2.75) is 5.22 Å². The SMILES string of the molecule is O=C(CSc1nnc(-c2cccc([N+](=O)[O-])c2)o1)Nc1ccc(Cl)c(Br)c1. The van der Waals surface area contributed by atoms with Crippen LogP contribution in [0, 0.1) is 10.1 Å². The molecule has 0 unspecified atom stereocenters. The number of benzene rings is 2. The summed E-state index contributed by atoms with van der Waals surface area (Å²) in [5.74, 6) is -0.0656. The van der Waals surface area contributed by atoms with E-state index in [1.165, 1.54) is 18.2 Å². The molecule has 0 radical (unpaired) electrons. The Morgan fingerprint density at radius 3 is 2.85 bits per heavy atom. The summed E-state index contributed by atoms with van der Waals surface area (Å²) in [4.78, 5) is 22.4. The summed E-state index contributed by atoms with van der Waals surface area (Å²) in [5, 5.41) is 22.0. The van der Waals surface area contributed by atoms with Crippen molar-refractivity contribution < 1.29 is 14.1 Å². The number of rotatable bonds is 6. The van der Waals surface area contributed by atoms with Crippen LogP contribution in [-0.4, -0.2) is 26.8 Å². The summed E-state index contributed by atoms with van der Waals surface area (Å²) in [7, 11) is 0. The molecular formula is C16H10BrClN4O4S. The molecule has 0 saturated carbocycles. The molecule has 1 N–H and O–H groups in total. The number of amides is 1. The number of hydrogen-bond acceptors (Lipinski definition) is 7. The number of hydrogen-bond donors (Lipinski definition) is 1. The third-order valence-electron chi connectivity index (χ3n) is 3.24. The van der Waals surface area contributed by atoms with Crippen LogP contribution in [0.5, 0.6) is 0 Å². The van der Waals surface area contributed by atoms with Gasteiger partial charge >= 0.3 is 0 Å². The van der Waals surface area contributed by atoms with E-state index in [2.05, 4.69) is 31.4 Å². The molecule has 0 atom stereocenters. The number of nitro groups is 1. The van der Waals surface area contributed by atoms with Crippen LogP contribution < -0.4 is 5.32 Å². The zero-order valence-corrected chi connectivity index (χ0v) is 16.5. The molecule has 0 bridgehead atoms. The van der Waals surface area contributed by atoms with Crippen LogP contribution in [-0.2, 0) is 4.79 Å². The van der Waals surface area contributed by atoms with Crippen molar-refractivity contribution in [3.8, 4) is 11.5 Å². The minimum absolute atomic E-state index is 0.0524. The highest BCUT2D eigenvalue weighted by Crippen LogP contribution is 2.27. The Balaban J connectivity index is 1.60. The average molecular weight is 470 g/mol. The largest absolute Gasteiger partial charge is 0.411 e. The second-order valence-corrected chi connectivity index (χ2v) is 7.33. The molecule has 2 aromatic carbocycles. The Hall–Kier alpha value is -2.43. The maximum atomic E-state index is 12.0. The number of aromatic nitrogens is 2. The van der Waals surface area contributed by atoms with Crippen molar-refractivity contribution in [3.05, 3.63) is 62.1 Å². The zero-order valence-electron chi connectivity index (χ0n) is 13.4. The van der Waals surface area contributed by atoms with Crippen molar-refractivity contribution in [2.75, 3.05) is 11.1 Å². The van der Waals surface area contributed by atoms with E-state index in [4.69, 9.17) is 16.0 Å². The quantitative estimate of drug-likeness (QED) is 0.314. The van der Waals surface area contributed by atoms with Crippen molar-refractivity contribution in [1.82, 2.24) is 10.2 Å². The minimum Gasteiger partial charge on any atom is -0.411 e. The van der Waals surface area contributed by atoms with Crippen LogP contribution >= 0.6 is 39.3 Å². The smallest absolute Gasteiger partial charge is 0.277 e. The van der Waals surface area contributed by atoms with Crippen molar-refractivity contribution in [2.24, 2.45) is 0 Å². The maximum absolute atomic E-state index is 12.0. The van der Waals surface area contributed by atoms with Gasteiger partial charge in [-0.3, -0.25) is 14.9 Å². The zero-order chi connectivity index (χ0) is 19.4. The highest BCUT2D eigenvalue weighted by atomic mass is 79.9. The predicted octanol–water partition coefficient (Wildman–Crippen LogP) is 4.79. The molecule has 11 heteroatoms. The van der Waals surface area contributed by atoms with Gasteiger partial charge in [-0.1, -0.05) is 29.4 Å². The van der Waals surface area contributed by atoms with Gasteiger partial charge in [-0.15, -0.1) is 10.2 Å². The molecule has 0 aliphatic carbocycles. The number of nitrogens with zero attached hydrogens (tertiary/aromatic N) is 3. The summed E-state index contributed by atoms with van der Waals surface area (Å²) >= 11 is 10.3. The lowest BCUT2D eigenvalue weighted by Crippen LogP contribution is -2.13. The monoisotopic (exact) mass is 468 g/mol. The summed E-state index contributed by atoms with van der Waals surface area (Å²) < 4.78 is 6.13. The third kappa shape index (κ3) is 5.06. The first kappa shape index (κ1) is 19.3. The molecule has 0 fully saturated rings. The Kier molecular flexibility index (Phi) is 6.09. The first-order valence-corrected chi connectivity index (χ1v) is 9.54. The van der Waals surface area contributed by atoms with Crippen molar-refractivity contribution in [3.63, 3.8) is 0 Å². The van der Waals surface area contributed by atoms with Crippen LogP contribution in [0.1, 0.15) is 0 Å². The summed E-state index contributed by atoms with van der Waals surface area (Å²) in [5.41, 5.74) is 0.951. The van der Waals surface area contributed by atoms with Gasteiger partial charge in [0, 0.05) is 27.9 Å². The van der Waals surface area contributed by atoms with E-state index in [0.29, 0.717) is 20.7 Å². The van der Waals surface area contributed by atoms with Gasteiger partial charge in [0.2, 0.25) is 11.8 Å². The van der Waals surface area contributed by atoms with E-state index in [-0.39, 0.29) is 28.5 Å². The summed E-state index contributed by atoms with van der Waals surface area (Å²) in [6, 6.07) is 10.9. The lowest BCUT2D eigenvalue weighted by atomic mass is 10.2. The van der Waals surface area contributed by atoms with Crippen LogP contribution in [0.15, 0.2) is 56.6 Å². The Bertz CT molecular complexity index is 1010. The normalized spacial score (nSPS) is 10.6. The predicted molar refractivity (Wildman–Crippen MR) is 105 cm³/mol. The maximum Gasteiger partial charge on any atom is 0.277 e. The molecule has 138 valence electrons. The van der Waals surface area contributed by atoms with Gasteiger partial charge in [0.15, 0.2) is 0 Å². The first-order chi connectivity index (χ1) is 12.9. The van der Waals surface area contributed by atoms with Gasteiger partial charge in [-0.05, 0) is 40.2 Å². The fourth-order valence-electron chi connectivity index (χ4n) is 2.04. The van der Waals surface area contributed by atoms with Crippen molar-refractivity contribution in [1.29, 1.82) is 0 Å². The first-order valence-electron chi connectivity index (χ1n) is 7.38. The lowest BCUT2D eigenvalue weighted by molar-refractivity contribution is -0.384. The molecule has 0 spiro atoms. The molecule has 1 aromatic heterocycles. The van der Waals surface area contributed by atoms with E-state index < -0.39 is 4.92 Å². The standard InChI is InChI=1S/C16H10BrClN4O4S/c17-12-7-10(4-5-13(12)18)19-14(23)8-27-16-21-20-15(26-16)9-2-1-3-11(6-9)22(24)25/h1-7H,8H2,(H,19,23). The fraction of sp³-hybridized carbons (Fsp3) is 0.0625. The molecule has 8 nitrogen and oxygen atoms in total. The summed E-state index contributed by atoms with van der Waals surface area (Å²) in [6.07, 6.45) is 0. The molecule has 3 rings (SSSR count). The minimum atomic E-state index is -0.505. The van der Waals surface area contributed by atoms with Crippen molar-refractivity contribution >= 4 is 56.6 Å². The molecule has 27 heavy (non-hydrogen) atoms. The van der Waals surface area contributed by atoms with Crippen LogP contribution in [0.4, 0.5) is 11.4 Å². The number of halogens is 2. The van der Waals surface area contributed by atoms with E-state index in [1.807, 2.05) is 0 Å². The molecule has 1 amide bonds. The fourth-order valence-corrected chi connectivity index (χ4v) is 3.10. The summed E-state index contributed by atoms with van der Waals surface area (Å²) in [6.45, 7) is 0. The Morgan fingerprint density at radius 2 is 2.11 bits per heavy atom. The molecule has 0 aliphatic heterocycles. The highest BCUT2D eigenvalue weighted by molar-refractivity contribution is 9.10. The van der Waals surface area contributed by atoms with Gasteiger partial charge < -0.3 is 9.73 Å². The molecule has 0 aliphatic rings. The topological polar surface area (TPSA) is 111 Å². The average Bonchev–Trinajstić information content (AvgIpc) is 3.12. The van der Waals surface area contributed by atoms with E-state index >= 15 is 0 Å². The number of thioether (sulfide) groups is 1. The number of carbonyl (C=O) groups is 1. The van der Waals surface area contributed by atoms with Gasteiger partial charge in [0.05, 0.1) is 15.7 Å². The van der Waals surface area contributed by atoms with Crippen LogP contribution in [0.2, 0.25) is 5.02 Å². The second-order valence-electron chi connectivity index (χ2n) is 5.15. The van der Waals surface area contributed by atoms with Gasteiger partial charge in [0.25, 0.3) is 10.9 Å². The van der Waals surface area contributed by atoms with E-state index in [0.717, 1.165) is 11.8 Å². The number of nitrogens with one attached hydrogen (secondary N) is 1. The number of carbonyl (C=O) groups excluding carboxylic acids is 1. The van der Waals surface area contributed by atoms with Crippen LogP contribution in [0.25, 0.3) is 11.5 Å². The lowest BCUT2D eigenvalue weighted by Gasteiger charge is -2.05. The van der Waals surface area contributed by atoms with E-state index in [9.17, 15) is 14.9 Å². The Labute approximate surface area is 170 Å². The third-order valence-corrected chi connectivity index (χ3v) is 5.27. The molecular weight excluding hydrogens is 460 g/mol. The second kappa shape index (κ2) is 8.51. The highest BCUT2D eigenvalue weighted by Gasteiger charge is 2.14. The molecule has 1 heterocycles. The van der Waals surface area contributed by atoms with Crippen LogP contribution in [0.3, 0.4) is 0 Å². The van der Waals surface area contributed by atoms with Gasteiger partial charge in [-0.25, -0.2) is 0 Å². The number of non-ortho nitro benzene ring substituents is 1. The van der Waals surface area contributed by atoms with Gasteiger partial charge in [0.1, 0.15) is 0 Å². The molecule has 0 saturated heterocycles.